The van der Waals surface area contributed by atoms with Crippen LogP contribution < -0.4 is 0 Å². The topological polar surface area (TPSA) is 114 Å². The van der Waals surface area contributed by atoms with Crippen LogP contribution in [0.2, 0.25) is 0 Å². The molecule has 0 unspecified atom stereocenters. The molecule has 2 aromatic heterocycles. The number of carboxylic acid groups (broad SMARTS) is 1. The van der Waals surface area contributed by atoms with Crippen molar-refractivity contribution in [2.45, 2.75) is 37.0 Å². The van der Waals surface area contributed by atoms with Crippen molar-refractivity contribution in [3.05, 3.63) is 18.0 Å². The SMILES string of the molecule is CCCN(CC(=O)O)S(=O)(=O)c1cnc2onc(C3CC3)c2c1. The third kappa shape index (κ3) is 3.06. The normalized spacial score (nSPS) is 15.4. The van der Waals surface area contributed by atoms with Crippen molar-refractivity contribution in [1.29, 1.82) is 0 Å². The maximum Gasteiger partial charge on any atom is 0.318 e. The highest BCUT2D eigenvalue weighted by Crippen LogP contribution is 2.42. The van der Waals surface area contributed by atoms with Gasteiger partial charge in [-0.05, 0) is 25.3 Å². The summed E-state index contributed by atoms with van der Waals surface area (Å²) in [5.41, 5.74) is 1.02. The van der Waals surface area contributed by atoms with E-state index in [1.165, 1.54) is 12.3 Å². The summed E-state index contributed by atoms with van der Waals surface area (Å²) in [5.74, 6) is -0.901. The molecule has 0 aliphatic heterocycles. The smallest absolute Gasteiger partial charge is 0.318 e. The highest BCUT2D eigenvalue weighted by Gasteiger charge is 2.31. The molecule has 23 heavy (non-hydrogen) atoms. The molecular weight excluding hydrogens is 322 g/mol. The van der Waals surface area contributed by atoms with Crippen LogP contribution in [0.3, 0.4) is 0 Å². The average Bonchev–Trinajstić information content (AvgIpc) is 3.25. The summed E-state index contributed by atoms with van der Waals surface area (Å²) in [4.78, 5) is 14.9. The number of aromatic nitrogens is 2. The molecule has 0 saturated heterocycles. The van der Waals surface area contributed by atoms with Gasteiger partial charge < -0.3 is 9.63 Å². The van der Waals surface area contributed by atoms with Gasteiger partial charge in [0, 0.05) is 12.5 Å². The minimum Gasteiger partial charge on any atom is -0.480 e. The number of sulfonamides is 1. The number of carbonyl (C=O) groups is 1. The Balaban J connectivity index is 2.02. The molecule has 0 spiro atoms. The van der Waals surface area contributed by atoms with Crippen molar-refractivity contribution in [3.63, 3.8) is 0 Å². The molecule has 0 amide bonds. The fraction of sp³-hybridized carbons (Fsp3) is 0.500. The quantitative estimate of drug-likeness (QED) is 0.814. The predicted octanol–water partition coefficient (Wildman–Crippen LogP) is 1.59. The predicted molar refractivity (Wildman–Crippen MR) is 80.5 cm³/mol. The third-order valence-corrected chi connectivity index (χ3v) is 5.53. The van der Waals surface area contributed by atoms with Crippen molar-refractivity contribution in [3.8, 4) is 0 Å². The van der Waals surface area contributed by atoms with Crippen molar-refractivity contribution < 1.29 is 22.8 Å². The number of hydrogen-bond acceptors (Lipinski definition) is 6. The first kappa shape index (κ1) is 15.9. The molecule has 2 aromatic rings. The standard InChI is InChI=1S/C14H17N3O5S/c1-2-5-17(8-12(18)19)23(20,21)10-6-11-13(9-3-4-9)16-22-14(11)15-7-10/h6-7,9H,2-5,8H2,1H3,(H,18,19). The van der Waals surface area contributed by atoms with Crippen LogP contribution in [0, 0.1) is 0 Å². The van der Waals surface area contributed by atoms with Crippen LogP contribution >= 0.6 is 0 Å². The van der Waals surface area contributed by atoms with Gasteiger partial charge in [-0.2, -0.15) is 4.31 Å². The van der Waals surface area contributed by atoms with Crippen LogP contribution in [0.4, 0.5) is 0 Å². The Bertz CT molecular complexity index is 841. The van der Waals surface area contributed by atoms with Gasteiger partial charge in [-0.3, -0.25) is 4.79 Å². The Labute approximate surface area is 133 Å². The van der Waals surface area contributed by atoms with Crippen molar-refractivity contribution in [2.24, 2.45) is 0 Å². The number of fused-ring (bicyclic) bond motifs is 1. The molecule has 1 fully saturated rings. The van der Waals surface area contributed by atoms with Gasteiger partial charge in [-0.1, -0.05) is 12.1 Å². The zero-order valence-corrected chi connectivity index (χ0v) is 13.4. The van der Waals surface area contributed by atoms with Gasteiger partial charge in [0.25, 0.3) is 5.71 Å². The Morgan fingerprint density at radius 2 is 2.22 bits per heavy atom. The average molecular weight is 339 g/mol. The summed E-state index contributed by atoms with van der Waals surface area (Å²) >= 11 is 0. The van der Waals surface area contributed by atoms with E-state index >= 15 is 0 Å². The van der Waals surface area contributed by atoms with Gasteiger partial charge >= 0.3 is 5.97 Å². The largest absolute Gasteiger partial charge is 0.480 e. The van der Waals surface area contributed by atoms with E-state index in [0.29, 0.717) is 23.4 Å². The zero-order chi connectivity index (χ0) is 16.6. The van der Waals surface area contributed by atoms with Gasteiger partial charge in [0.1, 0.15) is 11.4 Å². The molecule has 3 rings (SSSR count). The lowest BCUT2D eigenvalue weighted by Gasteiger charge is -2.19. The summed E-state index contributed by atoms with van der Waals surface area (Å²) in [6.07, 6.45) is 3.70. The molecule has 1 saturated carbocycles. The Morgan fingerprint density at radius 1 is 1.48 bits per heavy atom. The van der Waals surface area contributed by atoms with E-state index in [2.05, 4.69) is 10.1 Å². The first-order chi connectivity index (χ1) is 10.9. The fourth-order valence-corrected chi connectivity index (χ4v) is 3.91. The number of rotatable bonds is 7. The molecule has 124 valence electrons. The summed E-state index contributed by atoms with van der Waals surface area (Å²) in [6, 6.07) is 1.48. The lowest BCUT2D eigenvalue weighted by atomic mass is 10.2. The third-order valence-electron chi connectivity index (χ3n) is 3.72. The second-order valence-electron chi connectivity index (χ2n) is 5.60. The maximum atomic E-state index is 12.7. The molecule has 1 aliphatic carbocycles. The maximum absolute atomic E-state index is 12.7. The molecule has 0 bridgehead atoms. The van der Waals surface area contributed by atoms with Crippen LogP contribution in [0.15, 0.2) is 21.7 Å². The van der Waals surface area contributed by atoms with E-state index in [1.54, 1.807) is 6.92 Å². The molecule has 1 aliphatic rings. The molecule has 0 aromatic carbocycles. The second-order valence-corrected chi connectivity index (χ2v) is 7.54. The molecule has 1 N–H and O–H groups in total. The molecular formula is C14H17N3O5S. The van der Waals surface area contributed by atoms with E-state index in [-0.39, 0.29) is 11.4 Å². The summed E-state index contributed by atoms with van der Waals surface area (Å²) < 4.78 is 31.5. The van der Waals surface area contributed by atoms with Gasteiger partial charge in [-0.15, -0.1) is 0 Å². The van der Waals surface area contributed by atoms with E-state index in [0.717, 1.165) is 22.8 Å². The lowest BCUT2D eigenvalue weighted by Crippen LogP contribution is -2.36. The number of pyridine rings is 1. The zero-order valence-electron chi connectivity index (χ0n) is 12.6. The van der Waals surface area contributed by atoms with E-state index in [1.807, 2.05) is 0 Å². The number of carboxylic acids is 1. The lowest BCUT2D eigenvalue weighted by molar-refractivity contribution is -0.137. The Morgan fingerprint density at radius 3 is 2.83 bits per heavy atom. The van der Waals surface area contributed by atoms with Crippen molar-refractivity contribution >= 4 is 27.1 Å². The monoisotopic (exact) mass is 339 g/mol. The van der Waals surface area contributed by atoms with Crippen LogP contribution in [-0.4, -0.2) is 47.0 Å². The Hall–Kier alpha value is -2.00. The molecule has 9 heteroatoms. The van der Waals surface area contributed by atoms with Crippen LogP contribution in [0.25, 0.3) is 11.1 Å². The van der Waals surface area contributed by atoms with Crippen LogP contribution in [0.1, 0.15) is 37.8 Å². The first-order valence-electron chi connectivity index (χ1n) is 7.40. The summed E-state index contributed by atoms with van der Waals surface area (Å²) in [6.45, 7) is 1.34. The second kappa shape index (κ2) is 5.89. The van der Waals surface area contributed by atoms with Crippen molar-refractivity contribution in [2.75, 3.05) is 13.1 Å². The van der Waals surface area contributed by atoms with E-state index in [9.17, 15) is 13.2 Å². The molecule has 2 heterocycles. The highest BCUT2D eigenvalue weighted by atomic mass is 32.2. The van der Waals surface area contributed by atoms with Gasteiger partial charge in [-0.25, -0.2) is 13.4 Å². The number of hydrogen-bond donors (Lipinski definition) is 1. The number of nitrogens with zero attached hydrogens (tertiary/aromatic N) is 3. The molecule has 0 radical (unpaired) electrons. The van der Waals surface area contributed by atoms with E-state index in [4.69, 9.17) is 9.63 Å². The van der Waals surface area contributed by atoms with Gasteiger partial charge in [0.05, 0.1) is 17.3 Å². The van der Waals surface area contributed by atoms with E-state index < -0.39 is 22.5 Å². The van der Waals surface area contributed by atoms with Crippen LogP contribution in [0.5, 0.6) is 0 Å². The fourth-order valence-electron chi connectivity index (χ4n) is 2.46. The minimum atomic E-state index is -3.93. The summed E-state index contributed by atoms with van der Waals surface area (Å²) in [5, 5.41) is 13.5. The minimum absolute atomic E-state index is 0.0372. The number of aliphatic carboxylic acids is 1. The molecule has 8 nitrogen and oxygen atoms in total. The Kier molecular flexibility index (Phi) is 4.07. The highest BCUT2D eigenvalue weighted by molar-refractivity contribution is 7.89. The van der Waals surface area contributed by atoms with Gasteiger partial charge in [0.2, 0.25) is 10.0 Å². The van der Waals surface area contributed by atoms with Gasteiger partial charge in [0.15, 0.2) is 0 Å². The van der Waals surface area contributed by atoms with Crippen molar-refractivity contribution in [1.82, 2.24) is 14.4 Å². The molecule has 0 atom stereocenters. The first-order valence-corrected chi connectivity index (χ1v) is 8.84. The van der Waals surface area contributed by atoms with Crippen LogP contribution in [-0.2, 0) is 14.8 Å². The summed E-state index contributed by atoms with van der Waals surface area (Å²) in [7, 11) is -3.93.